The summed E-state index contributed by atoms with van der Waals surface area (Å²) >= 11 is 0. The van der Waals surface area contributed by atoms with Crippen molar-refractivity contribution in [1.29, 1.82) is 0 Å². The summed E-state index contributed by atoms with van der Waals surface area (Å²) in [7, 11) is -2.79. The predicted molar refractivity (Wildman–Crippen MR) is 55.8 cm³/mol. The molecule has 1 unspecified atom stereocenters. The Bertz CT molecular complexity index is 298. The van der Waals surface area contributed by atoms with Gasteiger partial charge in [-0.15, -0.1) is 0 Å². The Kier molecular flexibility index (Phi) is 2.81. The van der Waals surface area contributed by atoms with E-state index in [2.05, 4.69) is 4.90 Å². The first-order chi connectivity index (χ1) is 6.62. The van der Waals surface area contributed by atoms with E-state index in [4.69, 9.17) is 5.73 Å². The summed E-state index contributed by atoms with van der Waals surface area (Å²) in [5.41, 5.74) is 5.51. The molecule has 1 aliphatic carbocycles. The average molecular weight is 218 g/mol. The van der Waals surface area contributed by atoms with Crippen LogP contribution in [0.3, 0.4) is 0 Å². The van der Waals surface area contributed by atoms with Gasteiger partial charge in [-0.25, -0.2) is 8.42 Å². The van der Waals surface area contributed by atoms with Gasteiger partial charge in [0.25, 0.3) is 0 Å². The summed E-state index contributed by atoms with van der Waals surface area (Å²) < 4.78 is 22.9. The third kappa shape index (κ3) is 2.27. The number of nitrogens with two attached hydrogens (primary N) is 1. The van der Waals surface area contributed by atoms with Crippen LogP contribution in [0.1, 0.15) is 19.3 Å². The first-order valence-corrected chi connectivity index (χ1v) is 7.11. The molecule has 1 aliphatic heterocycles. The molecule has 0 aromatic carbocycles. The van der Waals surface area contributed by atoms with E-state index in [0.717, 1.165) is 13.0 Å². The molecule has 2 aliphatic rings. The molecule has 2 fully saturated rings. The summed E-state index contributed by atoms with van der Waals surface area (Å²) in [5, 5.41) is 0. The van der Waals surface area contributed by atoms with Crippen molar-refractivity contribution in [3.63, 3.8) is 0 Å². The van der Waals surface area contributed by atoms with Crippen LogP contribution in [0.2, 0.25) is 0 Å². The van der Waals surface area contributed by atoms with E-state index in [1.807, 2.05) is 0 Å². The Morgan fingerprint density at radius 1 is 1.36 bits per heavy atom. The van der Waals surface area contributed by atoms with Gasteiger partial charge >= 0.3 is 0 Å². The van der Waals surface area contributed by atoms with Crippen LogP contribution in [-0.4, -0.2) is 50.0 Å². The molecular formula is C9H18N2O2S. The number of nitrogens with zero attached hydrogens (tertiary/aromatic N) is 1. The fourth-order valence-corrected chi connectivity index (χ4v) is 3.83. The largest absolute Gasteiger partial charge is 0.330 e. The zero-order chi connectivity index (χ0) is 10.2. The van der Waals surface area contributed by atoms with Gasteiger partial charge in [-0.3, -0.25) is 4.90 Å². The molecule has 14 heavy (non-hydrogen) atoms. The molecule has 5 heteroatoms. The van der Waals surface area contributed by atoms with Gasteiger partial charge in [0.15, 0.2) is 9.84 Å². The van der Waals surface area contributed by atoms with Gasteiger partial charge in [-0.05, 0) is 25.8 Å². The van der Waals surface area contributed by atoms with E-state index < -0.39 is 9.84 Å². The molecular weight excluding hydrogens is 200 g/mol. The van der Waals surface area contributed by atoms with Gasteiger partial charge in [0.05, 0.1) is 11.5 Å². The normalized spacial score (nSPS) is 33.1. The highest BCUT2D eigenvalue weighted by Gasteiger charge is 2.38. The minimum Gasteiger partial charge on any atom is -0.330 e. The third-order valence-electron chi connectivity index (χ3n) is 3.09. The fraction of sp³-hybridized carbons (Fsp3) is 1.00. The van der Waals surface area contributed by atoms with Crippen molar-refractivity contribution >= 4 is 9.84 Å². The molecule has 1 heterocycles. The number of hydrogen-bond donors (Lipinski definition) is 1. The topological polar surface area (TPSA) is 63.4 Å². The molecule has 0 aromatic rings. The molecule has 0 radical (unpaired) electrons. The van der Waals surface area contributed by atoms with Gasteiger partial charge in [-0.1, -0.05) is 0 Å². The zero-order valence-electron chi connectivity index (χ0n) is 8.35. The predicted octanol–water partition coefficient (Wildman–Crippen LogP) is -0.403. The van der Waals surface area contributed by atoms with Crippen LogP contribution in [0.4, 0.5) is 0 Å². The molecule has 4 nitrogen and oxygen atoms in total. The highest BCUT2D eigenvalue weighted by molar-refractivity contribution is 7.91. The standard InChI is InChI=1S/C9H18N2O2S/c10-4-3-9-7-14(12,13)6-5-11(9)8-1-2-8/h8-9H,1-7,10H2. The minimum atomic E-state index is -2.79. The SMILES string of the molecule is NCCC1CS(=O)(=O)CCN1C1CC1. The molecule has 1 atom stereocenters. The van der Waals surface area contributed by atoms with E-state index in [1.165, 1.54) is 12.8 Å². The number of hydrogen-bond acceptors (Lipinski definition) is 4. The maximum atomic E-state index is 11.5. The monoisotopic (exact) mass is 218 g/mol. The van der Waals surface area contributed by atoms with Gasteiger partial charge in [0.2, 0.25) is 0 Å². The maximum Gasteiger partial charge on any atom is 0.153 e. The van der Waals surface area contributed by atoms with Crippen LogP contribution in [0, 0.1) is 0 Å². The molecule has 0 spiro atoms. The van der Waals surface area contributed by atoms with Gasteiger partial charge in [0, 0.05) is 18.6 Å². The summed E-state index contributed by atoms with van der Waals surface area (Å²) in [4.78, 5) is 2.36. The van der Waals surface area contributed by atoms with Crippen LogP contribution in [0.15, 0.2) is 0 Å². The number of rotatable bonds is 3. The van der Waals surface area contributed by atoms with Gasteiger partial charge in [-0.2, -0.15) is 0 Å². The van der Waals surface area contributed by atoms with Gasteiger partial charge in [0.1, 0.15) is 0 Å². The quantitative estimate of drug-likeness (QED) is 0.700. The second-order valence-electron chi connectivity index (χ2n) is 4.31. The summed E-state index contributed by atoms with van der Waals surface area (Å²) in [6.07, 6.45) is 3.29. The maximum absolute atomic E-state index is 11.5. The lowest BCUT2D eigenvalue weighted by atomic mass is 10.2. The van der Waals surface area contributed by atoms with E-state index in [-0.39, 0.29) is 6.04 Å². The third-order valence-corrected chi connectivity index (χ3v) is 4.79. The molecule has 0 aromatic heterocycles. The molecule has 2 N–H and O–H groups in total. The summed E-state index contributed by atoms with van der Waals surface area (Å²) in [5.74, 6) is 0.658. The Morgan fingerprint density at radius 3 is 2.64 bits per heavy atom. The lowest BCUT2D eigenvalue weighted by Crippen LogP contribution is -2.50. The molecule has 1 saturated carbocycles. The highest BCUT2D eigenvalue weighted by atomic mass is 32.2. The Hall–Kier alpha value is -0.130. The average Bonchev–Trinajstić information content (AvgIpc) is 2.87. The van der Waals surface area contributed by atoms with Crippen LogP contribution in [0.5, 0.6) is 0 Å². The second-order valence-corrected chi connectivity index (χ2v) is 6.54. The van der Waals surface area contributed by atoms with E-state index in [0.29, 0.717) is 24.1 Å². The van der Waals surface area contributed by atoms with Crippen molar-refractivity contribution in [3.05, 3.63) is 0 Å². The smallest absolute Gasteiger partial charge is 0.153 e. The first kappa shape index (κ1) is 10.4. The Morgan fingerprint density at radius 2 is 2.07 bits per heavy atom. The summed E-state index contributed by atoms with van der Waals surface area (Å²) in [6.45, 7) is 1.31. The van der Waals surface area contributed by atoms with Crippen molar-refractivity contribution in [2.75, 3.05) is 24.6 Å². The molecule has 2 rings (SSSR count). The highest BCUT2D eigenvalue weighted by Crippen LogP contribution is 2.31. The number of sulfone groups is 1. The minimum absolute atomic E-state index is 0.186. The van der Waals surface area contributed by atoms with E-state index in [9.17, 15) is 8.42 Å². The van der Waals surface area contributed by atoms with Crippen molar-refractivity contribution in [1.82, 2.24) is 4.90 Å². The lowest BCUT2D eigenvalue weighted by Gasteiger charge is -2.35. The zero-order valence-corrected chi connectivity index (χ0v) is 9.17. The van der Waals surface area contributed by atoms with Crippen LogP contribution in [-0.2, 0) is 9.84 Å². The molecule has 82 valence electrons. The fourth-order valence-electron chi connectivity index (χ4n) is 2.23. The van der Waals surface area contributed by atoms with Gasteiger partial charge < -0.3 is 5.73 Å². The van der Waals surface area contributed by atoms with Crippen LogP contribution >= 0.6 is 0 Å². The second kappa shape index (κ2) is 3.79. The molecule has 0 bridgehead atoms. The molecule has 1 saturated heterocycles. The van der Waals surface area contributed by atoms with E-state index >= 15 is 0 Å². The Balaban J connectivity index is 2.03. The van der Waals surface area contributed by atoms with Crippen LogP contribution < -0.4 is 5.73 Å². The summed E-state index contributed by atoms with van der Waals surface area (Å²) in [6, 6.07) is 0.841. The van der Waals surface area contributed by atoms with Crippen molar-refractivity contribution in [3.8, 4) is 0 Å². The van der Waals surface area contributed by atoms with Crippen molar-refractivity contribution in [2.24, 2.45) is 5.73 Å². The Labute approximate surface area is 85.4 Å². The molecule has 0 amide bonds. The first-order valence-electron chi connectivity index (χ1n) is 5.28. The van der Waals surface area contributed by atoms with E-state index in [1.54, 1.807) is 0 Å². The lowest BCUT2D eigenvalue weighted by molar-refractivity contribution is 0.196. The van der Waals surface area contributed by atoms with Crippen molar-refractivity contribution < 1.29 is 8.42 Å². The van der Waals surface area contributed by atoms with Crippen molar-refractivity contribution in [2.45, 2.75) is 31.3 Å². The van der Waals surface area contributed by atoms with Crippen LogP contribution in [0.25, 0.3) is 0 Å².